The van der Waals surface area contributed by atoms with Crippen LogP contribution in [0.2, 0.25) is 0 Å². The molecule has 1 unspecified atom stereocenters. The van der Waals surface area contributed by atoms with Crippen LogP contribution < -0.4 is 0 Å². The van der Waals surface area contributed by atoms with E-state index >= 15 is 0 Å². The molecule has 19 heavy (non-hydrogen) atoms. The van der Waals surface area contributed by atoms with Crippen molar-refractivity contribution in [3.63, 3.8) is 0 Å². The summed E-state index contributed by atoms with van der Waals surface area (Å²) in [5.41, 5.74) is 3.22. The molecule has 0 bridgehead atoms. The topological polar surface area (TPSA) is 0 Å². The van der Waals surface area contributed by atoms with Crippen molar-refractivity contribution in [2.24, 2.45) is 0 Å². The highest BCUT2D eigenvalue weighted by Crippen LogP contribution is 2.41. The molecule has 0 N–H and O–H groups in total. The van der Waals surface area contributed by atoms with Gasteiger partial charge in [0.05, 0.1) is 0 Å². The predicted molar refractivity (Wildman–Crippen MR) is 84.4 cm³/mol. The minimum Gasteiger partial charge on any atom is -0.149 e. The Morgan fingerprint density at radius 1 is 1.16 bits per heavy atom. The molecule has 1 aliphatic carbocycles. The van der Waals surface area contributed by atoms with Crippen molar-refractivity contribution in [3.05, 3.63) is 57.8 Å². The van der Waals surface area contributed by atoms with Gasteiger partial charge in [0.15, 0.2) is 0 Å². The second-order valence-electron chi connectivity index (χ2n) is 5.50. The van der Waals surface area contributed by atoms with Crippen molar-refractivity contribution >= 4 is 22.9 Å². The number of halogens is 1. The first-order valence-corrected chi connectivity index (χ1v) is 8.42. The maximum absolute atomic E-state index is 6.41. The van der Waals surface area contributed by atoms with Crippen LogP contribution in [0.1, 0.15) is 35.3 Å². The van der Waals surface area contributed by atoms with E-state index in [9.17, 15) is 0 Å². The van der Waals surface area contributed by atoms with Gasteiger partial charge in [-0.05, 0) is 54.7 Å². The monoisotopic (exact) mass is 290 g/mol. The number of rotatable bonds is 4. The highest BCUT2D eigenvalue weighted by Gasteiger charge is 2.35. The Morgan fingerprint density at radius 3 is 2.84 bits per heavy atom. The van der Waals surface area contributed by atoms with Crippen molar-refractivity contribution in [2.75, 3.05) is 5.88 Å². The summed E-state index contributed by atoms with van der Waals surface area (Å²) >= 11 is 8.27. The molecule has 1 aromatic heterocycles. The third-order valence-electron chi connectivity index (χ3n) is 4.38. The molecule has 0 amide bonds. The van der Waals surface area contributed by atoms with Gasteiger partial charge < -0.3 is 0 Å². The summed E-state index contributed by atoms with van der Waals surface area (Å²) in [7, 11) is 0. The third kappa shape index (κ3) is 2.59. The Kier molecular flexibility index (Phi) is 3.95. The summed E-state index contributed by atoms with van der Waals surface area (Å²) in [6.07, 6.45) is 6.05. The lowest BCUT2D eigenvalue weighted by Gasteiger charge is -2.38. The first kappa shape index (κ1) is 13.2. The molecule has 2 aromatic rings. The predicted octanol–water partition coefficient (Wildman–Crippen LogP) is 5.19. The molecule has 3 rings (SSSR count). The summed E-state index contributed by atoms with van der Waals surface area (Å²) in [5, 5.41) is 2.16. The Bertz CT molecular complexity index is 532. The van der Waals surface area contributed by atoms with Gasteiger partial charge in [-0.3, -0.25) is 0 Å². The van der Waals surface area contributed by atoms with Crippen LogP contribution in [0.15, 0.2) is 41.8 Å². The molecule has 0 saturated carbocycles. The first-order valence-electron chi connectivity index (χ1n) is 7.01. The van der Waals surface area contributed by atoms with Crippen LogP contribution in [0.5, 0.6) is 0 Å². The molecule has 2 heteroatoms. The first-order chi connectivity index (χ1) is 9.34. The largest absolute Gasteiger partial charge is 0.149 e. The van der Waals surface area contributed by atoms with Crippen molar-refractivity contribution in [1.29, 1.82) is 0 Å². The standard InChI is InChI=1S/C17H19ClS/c18-13-17(11-9-15-7-4-12-19-15)10-3-6-14-5-1-2-8-16(14)17/h1-2,4-5,7-8,12H,3,6,9-11,13H2. The van der Waals surface area contributed by atoms with Crippen LogP contribution in [-0.4, -0.2) is 5.88 Å². The number of hydrogen-bond donors (Lipinski definition) is 0. The van der Waals surface area contributed by atoms with Gasteiger partial charge in [0.25, 0.3) is 0 Å². The second-order valence-corrected chi connectivity index (χ2v) is 6.80. The lowest BCUT2D eigenvalue weighted by Crippen LogP contribution is -2.33. The molecule has 1 heterocycles. The van der Waals surface area contributed by atoms with Gasteiger partial charge in [-0.25, -0.2) is 0 Å². The SMILES string of the molecule is ClCC1(CCc2cccs2)CCCc2ccccc21. The smallest absolute Gasteiger partial charge is 0.0320 e. The summed E-state index contributed by atoms with van der Waals surface area (Å²) in [6.45, 7) is 0. The van der Waals surface area contributed by atoms with E-state index in [1.54, 1.807) is 0 Å². The lowest BCUT2D eigenvalue weighted by atomic mass is 9.68. The van der Waals surface area contributed by atoms with Gasteiger partial charge in [0.2, 0.25) is 0 Å². The molecular formula is C17H19ClS. The second kappa shape index (κ2) is 5.68. The average Bonchev–Trinajstić information content (AvgIpc) is 2.98. The van der Waals surface area contributed by atoms with E-state index in [1.165, 1.54) is 41.7 Å². The third-order valence-corrected chi connectivity index (χ3v) is 5.82. The van der Waals surface area contributed by atoms with E-state index in [4.69, 9.17) is 11.6 Å². The number of fused-ring (bicyclic) bond motifs is 1. The summed E-state index contributed by atoms with van der Waals surface area (Å²) in [4.78, 5) is 1.48. The van der Waals surface area contributed by atoms with Crippen molar-refractivity contribution in [1.82, 2.24) is 0 Å². The number of aryl methyl sites for hydroxylation is 2. The maximum Gasteiger partial charge on any atom is 0.0320 e. The molecule has 0 nitrogen and oxygen atoms in total. The van der Waals surface area contributed by atoms with E-state index in [0.29, 0.717) is 0 Å². The minimum atomic E-state index is 0.195. The molecule has 0 spiro atoms. The van der Waals surface area contributed by atoms with Crippen LogP contribution >= 0.6 is 22.9 Å². The van der Waals surface area contributed by atoms with E-state index in [1.807, 2.05) is 11.3 Å². The van der Waals surface area contributed by atoms with Gasteiger partial charge in [0.1, 0.15) is 0 Å². The highest BCUT2D eigenvalue weighted by molar-refractivity contribution is 7.09. The fraction of sp³-hybridized carbons (Fsp3) is 0.412. The summed E-state index contributed by atoms with van der Waals surface area (Å²) in [6, 6.07) is 13.3. The van der Waals surface area contributed by atoms with Crippen molar-refractivity contribution in [2.45, 2.75) is 37.5 Å². The lowest BCUT2D eigenvalue weighted by molar-refractivity contribution is 0.373. The van der Waals surface area contributed by atoms with Crippen LogP contribution in [0.4, 0.5) is 0 Å². The normalized spacial score (nSPS) is 22.2. The van der Waals surface area contributed by atoms with E-state index < -0.39 is 0 Å². The zero-order valence-electron chi connectivity index (χ0n) is 11.1. The molecule has 0 aliphatic heterocycles. The quantitative estimate of drug-likeness (QED) is 0.680. The Balaban J connectivity index is 1.87. The van der Waals surface area contributed by atoms with Crippen LogP contribution in [-0.2, 0) is 18.3 Å². The molecule has 0 radical (unpaired) electrons. The molecule has 100 valence electrons. The molecule has 1 atom stereocenters. The molecular weight excluding hydrogens is 272 g/mol. The molecule has 0 saturated heterocycles. The number of hydrogen-bond acceptors (Lipinski definition) is 1. The van der Waals surface area contributed by atoms with E-state index in [-0.39, 0.29) is 5.41 Å². The van der Waals surface area contributed by atoms with Crippen LogP contribution in [0.25, 0.3) is 0 Å². The zero-order chi connectivity index (χ0) is 13.1. The Labute approximate surface area is 124 Å². The van der Waals surface area contributed by atoms with Gasteiger partial charge >= 0.3 is 0 Å². The molecule has 0 fully saturated rings. The Morgan fingerprint density at radius 2 is 2.05 bits per heavy atom. The Hall–Kier alpha value is -0.790. The number of thiophene rings is 1. The summed E-state index contributed by atoms with van der Waals surface area (Å²) < 4.78 is 0. The summed E-state index contributed by atoms with van der Waals surface area (Å²) in [5.74, 6) is 0.745. The van der Waals surface area contributed by atoms with E-state index in [0.717, 1.165) is 12.3 Å². The van der Waals surface area contributed by atoms with Gasteiger partial charge in [-0.1, -0.05) is 30.3 Å². The number of alkyl halides is 1. The fourth-order valence-electron chi connectivity index (χ4n) is 3.29. The van der Waals surface area contributed by atoms with Crippen molar-refractivity contribution < 1.29 is 0 Å². The number of benzene rings is 1. The van der Waals surface area contributed by atoms with Gasteiger partial charge in [-0.15, -0.1) is 22.9 Å². The average molecular weight is 291 g/mol. The van der Waals surface area contributed by atoms with Gasteiger partial charge in [0, 0.05) is 16.2 Å². The van der Waals surface area contributed by atoms with Crippen LogP contribution in [0.3, 0.4) is 0 Å². The molecule has 1 aromatic carbocycles. The maximum atomic E-state index is 6.41. The van der Waals surface area contributed by atoms with Crippen LogP contribution in [0, 0.1) is 0 Å². The van der Waals surface area contributed by atoms with Gasteiger partial charge in [-0.2, -0.15) is 0 Å². The van der Waals surface area contributed by atoms with Crippen molar-refractivity contribution in [3.8, 4) is 0 Å². The fourth-order valence-corrected chi connectivity index (χ4v) is 4.41. The minimum absolute atomic E-state index is 0.195. The highest BCUT2D eigenvalue weighted by atomic mass is 35.5. The zero-order valence-corrected chi connectivity index (χ0v) is 12.6. The van der Waals surface area contributed by atoms with E-state index in [2.05, 4.69) is 41.8 Å². The molecule has 1 aliphatic rings.